The molecule has 1 N–H and O–H groups in total. The first-order valence-corrected chi connectivity index (χ1v) is 8.12. The summed E-state index contributed by atoms with van der Waals surface area (Å²) in [7, 11) is 0. The van der Waals surface area contributed by atoms with Crippen LogP contribution in [-0.2, 0) is 6.42 Å². The van der Waals surface area contributed by atoms with Crippen LogP contribution in [0.5, 0.6) is 0 Å². The molecule has 0 aromatic carbocycles. The average molecular weight is 267 g/mol. The lowest BCUT2D eigenvalue weighted by atomic mass is 9.93. The molecule has 2 rings (SSSR count). The molecule has 1 aliphatic rings. The molecule has 0 radical (unpaired) electrons. The summed E-state index contributed by atoms with van der Waals surface area (Å²) in [5.74, 6) is 0.827. The fourth-order valence-electron chi connectivity index (χ4n) is 2.90. The number of rotatable bonds is 7. The third kappa shape index (κ3) is 4.71. The standard InChI is InChI=1S/C15H25NOS/c17-11-3-6-14-5-1-9-16(13-14)10-2-7-15-8-4-12-18-15/h4,8,12,14,17H,1-3,5-7,9-11,13H2/t14-/m1/s1. The quantitative estimate of drug-likeness (QED) is 0.820. The van der Waals surface area contributed by atoms with Gasteiger partial charge in [-0.1, -0.05) is 6.07 Å². The summed E-state index contributed by atoms with van der Waals surface area (Å²) >= 11 is 1.87. The maximum absolute atomic E-state index is 8.90. The smallest absolute Gasteiger partial charge is 0.0431 e. The highest BCUT2D eigenvalue weighted by Gasteiger charge is 2.18. The molecule has 0 spiro atoms. The van der Waals surface area contributed by atoms with Crippen molar-refractivity contribution in [2.75, 3.05) is 26.2 Å². The Bertz CT molecular complexity index is 312. The number of nitrogens with zero attached hydrogens (tertiary/aromatic N) is 1. The third-order valence-electron chi connectivity index (χ3n) is 3.85. The van der Waals surface area contributed by atoms with Gasteiger partial charge in [0.25, 0.3) is 0 Å². The van der Waals surface area contributed by atoms with E-state index < -0.39 is 0 Å². The lowest BCUT2D eigenvalue weighted by molar-refractivity contribution is 0.158. The number of hydrogen-bond donors (Lipinski definition) is 1. The van der Waals surface area contributed by atoms with Crippen LogP contribution in [-0.4, -0.2) is 36.2 Å². The number of likely N-dealkylation sites (tertiary alicyclic amines) is 1. The molecule has 1 aromatic heterocycles. The zero-order valence-electron chi connectivity index (χ0n) is 11.2. The molecule has 1 aromatic rings. The highest BCUT2D eigenvalue weighted by atomic mass is 32.1. The summed E-state index contributed by atoms with van der Waals surface area (Å²) in [4.78, 5) is 4.14. The van der Waals surface area contributed by atoms with Gasteiger partial charge in [0.15, 0.2) is 0 Å². The van der Waals surface area contributed by atoms with Crippen LogP contribution in [0.25, 0.3) is 0 Å². The van der Waals surface area contributed by atoms with Gasteiger partial charge >= 0.3 is 0 Å². The average Bonchev–Trinajstić information content (AvgIpc) is 2.90. The second kappa shape index (κ2) is 7.93. The van der Waals surface area contributed by atoms with Crippen molar-refractivity contribution in [1.82, 2.24) is 4.90 Å². The van der Waals surface area contributed by atoms with Gasteiger partial charge in [0.1, 0.15) is 0 Å². The van der Waals surface area contributed by atoms with Gasteiger partial charge < -0.3 is 10.0 Å². The number of aryl methyl sites for hydroxylation is 1. The monoisotopic (exact) mass is 267 g/mol. The van der Waals surface area contributed by atoms with Crippen LogP contribution in [0.15, 0.2) is 17.5 Å². The van der Waals surface area contributed by atoms with Crippen LogP contribution in [0.1, 0.15) is 37.0 Å². The summed E-state index contributed by atoms with van der Waals surface area (Å²) in [6.45, 7) is 4.13. The minimum atomic E-state index is 0.356. The van der Waals surface area contributed by atoms with Gasteiger partial charge in [0, 0.05) is 18.0 Å². The number of thiophene rings is 1. The lowest BCUT2D eigenvalue weighted by Gasteiger charge is -2.32. The van der Waals surface area contributed by atoms with Crippen LogP contribution in [0.2, 0.25) is 0 Å². The first kappa shape index (κ1) is 14.0. The Balaban J connectivity index is 1.63. The molecule has 0 amide bonds. The largest absolute Gasteiger partial charge is 0.396 e. The van der Waals surface area contributed by atoms with Crippen molar-refractivity contribution in [2.24, 2.45) is 5.92 Å². The Morgan fingerprint density at radius 3 is 3.11 bits per heavy atom. The SMILES string of the molecule is OCCC[C@H]1CCCN(CCCc2cccs2)C1. The van der Waals surface area contributed by atoms with Crippen molar-refractivity contribution in [2.45, 2.75) is 38.5 Å². The number of aliphatic hydroxyl groups is 1. The minimum absolute atomic E-state index is 0.356. The van der Waals surface area contributed by atoms with Crippen molar-refractivity contribution >= 4 is 11.3 Å². The first-order valence-electron chi connectivity index (χ1n) is 7.24. The molecule has 0 bridgehead atoms. The number of hydrogen-bond acceptors (Lipinski definition) is 3. The molecule has 0 unspecified atom stereocenters. The van der Waals surface area contributed by atoms with Gasteiger partial charge in [0.2, 0.25) is 0 Å². The topological polar surface area (TPSA) is 23.5 Å². The van der Waals surface area contributed by atoms with Crippen molar-refractivity contribution in [3.8, 4) is 0 Å². The number of piperidine rings is 1. The molecule has 1 atom stereocenters. The van der Waals surface area contributed by atoms with Crippen molar-refractivity contribution in [1.29, 1.82) is 0 Å². The normalized spacial score (nSPS) is 21.3. The Hall–Kier alpha value is -0.380. The van der Waals surface area contributed by atoms with Crippen molar-refractivity contribution in [3.63, 3.8) is 0 Å². The van der Waals surface area contributed by atoms with Crippen LogP contribution < -0.4 is 0 Å². The highest BCUT2D eigenvalue weighted by Crippen LogP contribution is 2.21. The Morgan fingerprint density at radius 1 is 1.39 bits per heavy atom. The maximum Gasteiger partial charge on any atom is 0.0431 e. The Kier molecular flexibility index (Phi) is 6.18. The van der Waals surface area contributed by atoms with E-state index in [0.717, 1.165) is 12.3 Å². The van der Waals surface area contributed by atoms with Crippen LogP contribution in [0.3, 0.4) is 0 Å². The molecule has 2 heterocycles. The zero-order chi connectivity index (χ0) is 12.6. The molecule has 18 heavy (non-hydrogen) atoms. The molecule has 0 aliphatic carbocycles. The molecule has 102 valence electrons. The van der Waals surface area contributed by atoms with Gasteiger partial charge in [-0.05, 0) is 69.0 Å². The lowest BCUT2D eigenvalue weighted by Crippen LogP contribution is -2.36. The minimum Gasteiger partial charge on any atom is -0.396 e. The summed E-state index contributed by atoms with van der Waals surface area (Å²) in [5.41, 5.74) is 0. The second-order valence-corrected chi connectivity index (χ2v) is 6.39. The maximum atomic E-state index is 8.90. The van der Waals surface area contributed by atoms with E-state index >= 15 is 0 Å². The van der Waals surface area contributed by atoms with Gasteiger partial charge in [-0.25, -0.2) is 0 Å². The first-order chi connectivity index (χ1) is 8.88. The van der Waals surface area contributed by atoms with E-state index in [2.05, 4.69) is 22.4 Å². The molecule has 0 saturated carbocycles. The van der Waals surface area contributed by atoms with Gasteiger partial charge in [-0.3, -0.25) is 0 Å². The van der Waals surface area contributed by atoms with E-state index in [4.69, 9.17) is 5.11 Å². The molecule has 2 nitrogen and oxygen atoms in total. The van der Waals surface area contributed by atoms with E-state index in [1.54, 1.807) is 0 Å². The molecular weight excluding hydrogens is 242 g/mol. The van der Waals surface area contributed by atoms with Crippen LogP contribution in [0, 0.1) is 5.92 Å². The van der Waals surface area contributed by atoms with Crippen molar-refractivity contribution < 1.29 is 5.11 Å². The van der Waals surface area contributed by atoms with Gasteiger partial charge in [-0.15, -0.1) is 11.3 Å². The van der Waals surface area contributed by atoms with E-state index in [1.165, 1.54) is 56.6 Å². The summed E-state index contributed by atoms with van der Waals surface area (Å²) in [5, 5.41) is 11.1. The highest BCUT2D eigenvalue weighted by molar-refractivity contribution is 7.09. The third-order valence-corrected chi connectivity index (χ3v) is 4.79. The zero-order valence-corrected chi connectivity index (χ0v) is 12.0. The fourth-order valence-corrected chi connectivity index (χ4v) is 3.65. The molecule has 1 fully saturated rings. The Morgan fingerprint density at radius 2 is 2.33 bits per heavy atom. The molecule has 1 saturated heterocycles. The number of aliphatic hydroxyl groups excluding tert-OH is 1. The van der Waals surface area contributed by atoms with Gasteiger partial charge in [-0.2, -0.15) is 0 Å². The fraction of sp³-hybridized carbons (Fsp3) is 0.733. The molecule has 1 aliphatic heterocycles. The summed E-state index contributed by atoms with van der Waals surface area (Å²) in [6.07, 6.45) is 7.41. The van der Waals surface area contributed by atoms with E-state index in [0.29, 0.717) is 6.61 Å². The van der Waals surface area contributed by atoms with Crippen LogP contribution in [0.4, 0.5) is 0 Å². The van der Waals surface area contributed by atoms with Crippen LogP contribution >= 0.6 is 11.3 Å². The second-order valence-electron chi connectivity index (χ2n) is 5.36. The van der Waals surface area contributed by atoms with E-state index in [9.17, 15) is 0 Å². The predicted molar refractivity (Wildman–Crippen MR) is 78.1 cm³/mol. The summed E-state index contributed by atoms with van der Waals surface area (Å²) in [6, 6.07) is 4.39. The molecular formula is C15H25NOS. The van der Waals surface area contributed by atoms with Gasteiger partial charge in [0.05, 0.1) is 0 Å². The molecule has 3 heteroatoms. The Labute approximate surface area is 115 Å². The van der Waals surface area contributed by atoms with E-state index in [-0.39, 0.29) is 0 Å². The summed E-state index contributed by atoms with van der Waals surface area (Å²) < 4.78 is 0. The van der Waals surface area contributed by atoms with E-state index in [1.807, 2.05) is 11.3 Å². The predicted octanol–water partition coefficient (Wildman–Crippen LogP) is 3.17. The van der Waals surface area contributed by atoms with Crippen molar-refractivity contribution in [3.05, 3.63) is 22.4 Å².